The number of anilines is 1. The van der Waals surface area contributed by atoms with Crippen LogP contribution >= 0.6 is 0 Å². The molecule has 3 aromatic rings. The third kappa shape index (κ3) is 10.3. The van der Waals surface area contributed by atoms with E-state index in [-0.39, 0.29) is 0 Å². The second-order valence-corrected chi connectivity index (χ2v) is 11.5. The molecule has 2 fully saturated rings. The predicted octanol–water partition coefficient (Wildman–Crippen LogP) is 6.33. The quantitative estimate of drug-likeness (QED) is 0.331. The molecule has 1 saturated heterocycles. The van der Waals surface area contributed by atoms with Gasteiger partial charge in [0.25, 0.3) is 0 Å². The summed E-state index contributed by atoms with van der Waals surface area (Å²) in [6, 6.07) is 21.4. The van der Waals surface area contributed by atoms with E-state index in [9.17, 15) is 0 Å². The zero-order valence-corrected chi connectivity index (χ0v) is 25.4. The van der Waals surface area contributed by atoms with E-state index in [0.29, 0.717) is 18.1 Å². The summed E-state index contributed by atoms with van der Waals surface area (Å²) in [6.45, 7) is 12.1. The van der Waals surface area contributed by atoms with E-state index in [2.05, 4.69) is 85.4 Å². The summed E-state index contributed by atoms with van der Waals surface area (Å²) >= 11 is 0. The van der Waals surface area contributed by atoms with Crippen molar-refractivity contribution in [3.05, 3.63) is 60.4 Å². The van der Waals surface area contributed by atoms with Crippen LogP contribution in [0.25, 0.3) is 11.0 Å². The van der Waals surface area contributed by atoms with E-state index in [4.69, 9.17) is 4.98 Å². The van der Waals surface area contributed by atoms with Gasteiger partial charge in [-0.05, 0) is 85.2 Å². The second-order valence-electron chi connectivity index (χ2n) is 11.5. The number of imidazole rings is 1. The van der Waals surface area contributed by atoms with Crippen LogP contribution in [-0.2, 0) is 13.0 Å². The molecule has 6 nitrogen and oxygen atoms in total. The van der Waals surface area contributed by atoms with E-state index in [1.54, 1.807) is 0 Å². The fraction of sp³-hybridized carbons (Fsp3) is 0.606. The maximum atomic E-state index is 4.93. The predicted molar refractivity (Wildman–Crippen MR) is 169 cm³/mol. The standard InChI is InChI=1S/C21H34N4.C6H14N2.C6H6/c1-5-7-8-21-23-19-15-17(11-14-20(19)25(21)6-2)22-16-9-12-18(13-10-16)24(3)4;1-5-3-7-4-6(2)8-5;1-2-4-6-5-3-1/h11,14-16,18,22H,5-10,12-13H2,1-4H3;5-8H,3-4H2,1-2H3;1-6H. The van der Waals surface area contributed by atoms with Crippen molar-refractivity contribution in [2.45, 2.75) is 103 Å². The number of hydrogen-bond donors (Lipinski definition) is 3. The lowest BCUT2D eigenvalue weighted by Gasteiger charge is -2.33. The average molecular weight is 535 g/mol. The summed E-state index contributed by atoms with van der Waals surface area (Å²) in [5.74, 6) is 1.24. The first-order valence-corrected chi connectivity index (χ1v) is 15.3. The number of aryl methyl sites for hydroxylation is 2. The van der Waals surface area contributed by atoms with E-state index < -0.39 is 0 Å². The molecule has 1 aromatic heterocycles. The van der Waals surface area contributed by atoms with Crippen LogP contribution in [0.1, 0.15) is 72.0 Å². The zero-order valence-electron chi connectivity index (χ0n) is 25.4. The molecular weight excluding hydrogens is 480 g/mol. The summed E-state index contributed by atoms with van der Waals surface area (Å²) in [5, 5.41) is 10.5. The lowest BCUT2D eigenvalue weighted by atomic mass is 9.90. The number of aromatic nitrogens is 2. The normalized spacial score (nSPS) is 22.9. The Hall–Kier alpha value is -2.41. The van der Waals surface area contributed by atoms with Crippen molar-refractivity contribution in [1.29, 1.82) is 0 Å². The Balaban J connectivity index is 0.000000243. The molecule has 2 aromatic carbocycles. The Bertz CT molecular complexity index is 1020. The number of nitrogens with one attached hydrogen (secondary N) is 3. The molecule has 0 spiro atoms. The Kier molecular flexibility index (Phi) is 13.3. The minimum absolute atomic E-state index is 0.599. The molecule has 0 amide bonds. The number of rotatable bonds is 7. The van der Waals surface area contributed by atoms with E-state index in [1.807, 2.05) is 36.4 Å². The lowest BCUT2D eigenvalue weighted by Crippen LogP contribution is -2.52. The van der Waals surface area contributed by atoms with Gasteiger partial charge in [0.15, 0.2) is 0 Å². The van der Waals surface area contributed by atoms with Gasteiger partial charge in [-0.2, -0.15) is 0 Å². The molecule has 2 aliphatic rings. The number of hydrogen-bond acceptors (Lipinski definition) is 5. The van der Waals surface area contributed by atoms with Crippen molar-refractivity contribution in [3.8, 4) is 0 Å². The van der Waals surface area contributed by atoms with Crippen LogP contribution in [-0.4, -0.2) is 65.8 Å². The van der Waals surface area contributed by atoms with Crippen molar-refractivity contribution in [3.63, 3.8) is 0 Å². The Morgan fingerprint density at radius 2 is 1.54 bits per heavy atom. The highest BCUT2D eigenvalue weighted by molar-refractivity contribution is 5.80. The van der Waals surface area contributed by atoms with Crippen molar-refractivity contribution in [2.75, 3.05) is 32.5 Å². The van der Waals surface area contributed by atoms with Crippen molar-refractivity contribution >= 4 is 16.7 Å². The summed E-state index contributed by atoms with van der Waals surface area (Å²) in [4.78, 5) is 7.30. The molecule has 1 aliphatic carbocycles. The fourth-order valence-corrected chi connectivity index (χ4v) is 5.63. The fourth-order valence-electron chi connectivity index (χ4n) is 5.63. The van der Waals surface area contributed by atoms with Gasteiger partial charge in [-0.15, -0.1) is 0 Å². The van der Waals surface area contributed by atoms with Crippen molar-refractivity contribution < 1.29 is 0 Å². The maximum absolute atomic E-state index is 4.93. The summed E-state index contributed by atoms with van der Waals surface area (Å²) in [5.41, 5.74) is 3.64. The van der Waals surface area contributed by atoms with Crippen LogP contribution in [0.3, 0.4) is 0 Å². The molecule has 2 heterocycles. The summed E-state index contributed by atoms with van der Waals surface area (Å²) < 4.78 is 2.37. The molecule has 6 heteroatoms. The minimum Gasteiger partial charge on any atom is -0.382 e. The smallest absolute Gasteiger partial charge is 0.109 e. The number of benzene rings is 2. The Morgan fingerprint density at radius 1 is 0.923 bits per heavy atom. The van der Waals surface area contributed by atoms with Crippen LogP contribution < -0.4 is 16.0 Å². The van der Waals surface area contributed by atoms with E-state index >= 15 is 0 Å². The number of piperazine rings is 1. The summed E-state index contributed by atoms with van der Waals surface area (Å²) in [7, 11) is 4.40. The molecule has 3 N–H and O–H groups in total. The van der Waals surface area contributed by atoms with Crippen LogP contribution in [0.2, 0.25) is 0 Å². The third-order valence-corrected chi connectivity index (χ3v) is 7.83. The molecule has 1 saturated carbocycles. The highest BCUT2D eigenvalue weighted by atomic mass is 15.1. The van der Waals surface area contributed by atoms with Crippen molar-refractivity contribution in [2.24, 2.45) is 0 Å². The topological polar surface area (TPSA) is 57.2 Å². The van der Waals surface area contributed by atoms with Crippen molar-refractivity contribution in [1.82, 2.24) is 25.1 Å². The van der Waals surface area contributed by atoms with Gasteiger partial charge in [0.05, 0.1) is 11.0 Å². The molecular formula is C33H54N6. The van der Waals surface area contributed by atoms with Crippen LogP contribution in [0.15, 0.2) is 54.6 Å². The molecule has 39 heavy (non-hydrogen) atoms. The molecule has 2 unspecified atom stereocenters. The third-order valence-electron chi connectivity index (χ3n) is 7.83. The molecule has 216 valence electrons. The maximum Gasteiger partial charge on any atom is 0.109 e. The first-order valence-electron chi connectivity index (χ1n) is 15.3. The van der Waals surface area contributed by atoms with Gasteiger partial charge in [-0.3, -0.25) is 0 Å². The van der Waals surface area contributed by atoms with Gasteiger partial charge in [0.1, 0.15) is 5.82 Å². The molecule has 0 bridgehead atoms. The van der Waals surface area contributed by atoms with Gasteiger partial charge in [-0.1, -0.05) is 49.7 Å². The largest absolute Gasteiger partial charge is 0.382 e. The van der Waals surface area contributed by atoms with Gasteiger partial charge >= 0.3 is 0 Å². The SMILES string of the molecule is CC1CNCC(C)N1.CCCCc1nc2cc(NC3CCC(N(C)C)CC3)ccc2n1CC.c1ccccc1. The number of fused-ring (bicyclic) bond motifs is 1. The summed E-state index contributed by atoms with van der Waals surface area (Å²) in [6.07, 6.45) is 8.60. The monoisotopic (exact) mass is 534 g/mol. The highest BCUT2D eigenvalue weighted by Gasteiger charge is 2.22. The second kappa shape index (κ2) is 16.6. The van der Waals surface area contributed by atoms with Gasteiger partial charge in [-0.25, -0.2) is 4.98 Å². The van der Waals surface area contributed by atoms with Gasteiger partial charge in [0.2, 0.25) is 0 Å². The molecule has 5 rings (SSSR count). The van der Waals surface area contributed by atoms with Crippen LogP contribution in [0, 0.1) is 0 Å². The Labute approximate surface area is 238 Å². The first kappa shape index (κ1) is 31.1. The molecule has 2 atom stereocenters. The first-order chi connectivity index (χ1) is 18.9. The lowest BCUT2D eigenvalue weighted by molar-refractivity contribution is 0.221. The zero-order chi connectivity index (χ0) is 28.0. The molecule has 1 aliphatic heterocycles. The van der Waals surface area contributed by atoms with E-state index in [1.165, 1.54) is 55.6 Å². The number of nitrogens with zero attached hydrogens (tertiary/aromatic N) is 3. The van der Waals surface area contributed by atoms with Gasteiger partial charge in [0, 0.05) is 55.9 Å². The highest BCUT2D eigenvalue weighted by Crippen LogP contribution is 2.27. The average Bonchev–Trinajstić information content (AvgIpc) is 3.30. The number of unbranched alkanes of at least 4 members (excludes halogenated alkanes) is 1. The molecule has 0 radical (unpaired) electrons. The minimum atomic E-state index is 0.599. The van der Waals surface area contributed by atoms with Gasteiger partial charge < -0.3 is 25.4 Å². The Morgan fingerprint density at radius 3 is 2.03 bits per heavy atom. The van der Waals surface area contributed by atoms with Crippen LogP contribution in [0.5, 0.6) is 0 Å². The van der Waals surface area contributed by atoms with E-state index in [0.717, 1.165) is 37.6 Å². The van der Waals surface area contributed by atoms with Crippen LogP contribution in [0.4, 0.5) is 5.69 Å².